The summed E-state index contributed by atoms with van der Waals surface area (Å²) in [6.45, 7) is 14.5. The summed E-state index contributed by atoms with van der Waals surface area (Å²) in [5.74, 6) is 2.10. The van der Waals surface area contributed by atoms with E-state index in [1.807, 2.05) is 66.7 Å². The lowest BCUT2D eigenvalue weighted by Gasteiger charge is -2.25. The molecule has 0 unspecified atom stereocenters. The molecule has 0 radical (unpaired) electrons. The van der Waals surface area contributed by atoms with Crippen molar-refractivity contribution in [2.45, 2.75) is 59.7 Å². The molecular formula is C25H32O4. The number of hydrogen-bond donors (Lipinski definition) is 0. The van der Waals surface area contributed by atoms with Crippen LogP contribution in [0, 0.1) is 0 Å². The van der Waals surface area contributed by atoms with Gasteiger partial charge in [-0.2, -0.15) is 0 Å². The van der Waals surface area contributed by atoms with E-state index in [-0.39, 0.29) is 17.0 Å². The van der Waals surface area contributed by atoms with Crippen molar-refractivity contribution in [3.8, 4) is 17.2 Å². The Morgan fingerprint density at radius 1 is 0.862 bits per heavy atom. The molecular weight excluding hydrogens is 364 g/mol. The molecule has 4 heteroatoms. The number of rotatable bonds is 7. The molecule has 0 spiro atoms. The third-order valence-electron chi connectivity index (χ3n) is 3.69. The van der Waals surface area contributed by atoms with Gasteiger partial charge >= 0.3 is 0 Å². The van der Waals surface area contributed by atoms with Crippen LogP contribution in [-0.4, -0.2) is 23.6 Å². The number of ether oxygens (including phenoxy) is 3. The molecule has 0 bridgehead atoms. The van der Waals surface area contributed by atoms with E-state index in [0.717, 1.165) is 17.1 Å². The second-order valence-electron chi connectivity index (χ2n) is 8.78. The van der Waals surface area contributed by atoms with E-state index in [0.29, 0.717) is 17.9 Å². The van der Waals surface area contributed by atoms with Crippen molar-refractivity contribution in [2.24, 2.45) is 0 Å². The molecule has 0 heterocycles. The number of carbonyl (C=O) groups excluding carboxylic acids is 1. The van der Waals surface area contributed by atoms with Gasteiger partial charge in [0, 0.05) is 11.1 Å². The fraction of sp³-hybridized carbons (Fsp3) is 0.400. The Bertz CT molecular complexity index is 850. The van der Waals surface area contributed by atoms with Crippen LogP contribution in [0.15, 0.2) is 48.5 Å². The highest BCUT2D eigenvalue weighted by molar-refractivity contribution is 6.07. The minimum absolute atomic E-state index is 0.0862. The van der Waals surface area contributed by atoms with Crippen molar-refractivity contribution >= 4 is 11.9 Å². The van der Waals surface area contributed by atoms with Crippen LogP contribution in [0.5, 0.6) is 17.2 Å². The lowest BCUT2D eigenvalue weighted by molar-refractivity contribution is 0.104. The SMILES string of the molecule is CCOc1ccc(C(=O)/C=C\c2cc(OC(C)(C)C)ccc2OC(C)(C)C)cc1. The predicted octanol–water partition coefficient (Wildman–Crippen LogP) is 6.34. The van der Waals surface area contributed by atoms with E-state index in [4.69, 9.17) is 14.2 Å². The molecule has 0 atom stereocenters. The zero-order valence-electron chi connectivity index (χ0n) is 18.5. The van der Waals surface area contributed by atoms with Crippen molar-refractivity contribution in [1.29, 1.82) is 0 Å². The van der Waals surface area contributed by atoms with Crippen LogP contribution < -0.4 is 14.2 Å². The smallest absolute Gasteiger partial charge is 0.185 e. The lowest BCUT2D eigenvalue weighted by Crippen LogP contribution is -2.24. The van der Waals surface area contributed by atoms with Gasteiger partial charge in [-0.05, 0) is 103 Å². The Kier molecular flexibility index (Phi) is 7.12. The molecule has 0 aromatic heterocycles. The standard InChI is InChI=1S/C25H32O4/c1-8-27-20-12-9-18(10-13-20)22(26)15-11-19-17-21(28-24(2,3)4)14-16-23(19)29-25(5,6)7/h9-17H,8H2,1-7H3/b15-11-. The minimum atomic E-state index is -0.353. The first kappa shape index (κ1) is 22.5. The molecule has 0 N–H and O–H groups in total. The molecule has 156 valence electrons. The number of hydrogen-bond acceptors (Lipinski definition) is 4. The Morgan fingerprint density at radius 3 is 2.00 bits per heavy atom. The van der Waals surface area contributed by atoms with E-state index in [2.05, 4.69) is 0 Å². The van der Waals surface area contributed by atoms with Crippen molar-refractivity contribution in [2.75, 3.05) is 6.61 Å². The maximum Gasteiger partial charge on any atom is 0.185 e. The molecule has 0 aliphatic heterocycles. The van der Waals surface area contributed by atoms with Crippen LogP contribution in [-0.2, 0) is 0 Å². The second-order valence-corrected chi connectivity index (χ2v) is 8.78. The Hall–Kier alpha value is -2.75. The van der Waals surface area contributed by atoms with Gasteiger partial charge in [-0.1, -0.05) is 0 Å². The normalized spacial score (nSPS) is 12.1. The molecule has 4 nitrogen and oxygen atoms in total. The van der Waals surface area contributed by atoms with Gasteiger partial charge in [-0.3, -0.25) is 4.79 Å². The molecule has 2 aromatic carbocycles. The Balaban J connectivity index is 2.29. The van der Waals surface area contributed by atoms with Crippen LogP contribution in [0.3, 0.4) is 0 Å². The molecule has 29 heavy (non-hydrogen) atoms. The highest BCUT2D eigenvalue weighted by Gasteiger charge is 2.17. The van der Waals surface area contributed by atoms with Crippen molar-refractivity contribution in [3.05, 3.63) is 59.7 Å². The molecule has 0 saturated carbocycles. The average molecular weight is 397 g/mol. The maximum atomic E-state index is 12.6. The monoisotopic (exact) mass is 396 g/mol. The first-order valence-corrected chi connectivity index (χ1v) is 9.94. The topological polar surface area (TPSA) is 44.8 Å². The number of ketones is 1. The number of allylic oxidation sites excluding steroid dienone is 1. The highest BCUT2D eigenvalue weighted by atomic mass is 16.5. The van der Waals surface area contributed by atoms with Crippen LogP contribution in [0.4, 0.5) is 0 Å². The van der Waals surface area contributed by atoms with Gasteiger partial charge in [-0.15, -0.1) is 0 Å². The molecule has 0 saturated heterocycles. The van der Waals surface area contributed by atoms with Gasteiger partial charge < -0.3 is 14.2 Å². The van der Waals surface area contributed by atoms with Crippen molar-refractivity contribution in [3.63, 3.8) is 0 Å². The molecule has 0 aliphatic rings. The van der Waals surface area contributed by atoms with Gasteiger partial charge in [0.1, 0.15) is 28.5 Å². The summed E-state index contributed by atoms with van der Waals surface area (Å²) in [6, 6.07) is 12.8. The predicted molar refractivity (Wildman–Crippen MR) is 118 cm³/mol. The summed E-state index contributed by atoms with van der Waals surface area (Å²) in [7, 11) is 0. The van der Waals surface area contributed by atoms with Gasteiger partial charge in [0.15, 0.2) is 5.78 Å². The average Bonchev–Trinajstić information content (AvgIpc) is 2.60. The molecule has 0 aliphatic carbocycles. The second kappa shape index (κ2) is 9.17. The fourth-order valence-electron chi connectivity index (χ4n) is 2.64. The summed E-state index contributed by atoms with van der Waals surface area (Å²) in [5, 5.41) is 0. The minimum Gasteiger partial charge on any atom is -0.494 e. The summed E-state index contributed by atoms with van der Waals surface area (Å²) in [5.41, 5.74) is 0.727. The van der Waals surface area contributed by atoms with Crippen LogP contribution in [0.25, 0.3) is 6.08 Å². The highest BCUT2D eigenvalue weighted by Crippen LogP contribution is 2.30. The fourth-order valence-corrected chi connectivity index (χ4v) is 2.64. The maximum absolute atomic E-state index is 12.6. The molecule has 0 amide bonds. The Labute approximate surface area is 174 Å². The van der Waals surface area contributed by atoms with E-state index in [1.54, 1.807) is 36.4 Å². The largest absolute Gasteiger partial charge is 0.494 e. The number of carbonyl (C=O) groups is 1. The van der Waals surface area contributed by atoms with Crippen LogP contribution in [0.2, 0.25) is 0 Å². The summed E-state index contributed by atoms with van der Waals surface area (Å²) >= 11 is 0. The summed E-state index contributed by atoms with van der Waals surface area (Å²) < 4.78 is 17.5. The van der Waals surface area contributed by atoms with E-state index < -0.39 is 0 Å². The van der Waals surface area contributed by atoms with Gasteiger partial charge in [0.05, 0.1) is 6.61 Å². The third-order valence-corrected chi connectivity index (χ3v) is 3.69. The third kappa shape index (κ3) is 7.65. The molecule has 2 rings (SSSR count). The van der Waals surface area contributed by atoms with Crippen LogP contribution >= 0.6 is 0 Å². The molecule has 0 fully saturated rings. The van der Waals surface area contributed by atoms with Crippen molar-refractivity contribution in [1.82, 2.24) is 0 Å². The number of benzene rings is 2. The first-order chi connectivity index (χ1) is 13.5. The van der Waals surface area contributed by atoms with Crippen molar-refractivity contribution < 1.29 is 19.0 Å². The zero-order valence-corrected chi connectivity index (χ0v) is 18.5. The first-order valence-electron chi connectivity index (χ1n) is 9.94. The lowest BCUT2D eigenvalue weighted by atomic mass is 10.1. The summed E-state index contributed by atoms with van der Waals surface area (Å²) in [4.78, 5) is 12.6. The van der Waals surface area contributed by atoms with Gasteiger partial charge in [0.25, 0.3) is 0 Å². The van der Waals surface area contributed by atoms with E-state index in [9.17, 15) is 4.79 Å². The van der Waals surface area contributed by atoms with E-state index in [1.165, 1.54) is 0 Å². The van der Waals surface area contributed by atoms with Gasteiger partial charge in [-0.25, -0.2) is 0 Å². The quantitative estimate of drug-likeness (QED) is 0.405. The van der Waals surface area contributed by atoms with Gasteiger partial charge in [0.2, 0.25) is 0 Å². The van der Waals surface area contributed by atoms with Crippen LogP contribution in [0.1, 0.15) is 64.4 Å². The zero-order chi connectivity index (χ0) is 21.7. The Morgan fingerprint density at radius 2 is 1.45 bits per heavy atom. The molecule has 2 aromatic rings. The summed E-state index contributed by atoms with van der Waals surface area (Å²) in [6.07, 6.45) is 3.33. The van der Waals surface area contributed by atoms with E-state index >= 15 is 0 Å².